The Balaban J connectivity index is 0.999. The SMILES string of the molecule is c1ccc(-c2ccccc2N(c2ccc(-c3ccc(-c4cccc(-c5ccc6ccccc6c5)c4)cc3)cc2)c2ccc3sc4ccccc4c3c2)cc1. The molecule has 9 aromatic carbocycles. The van der Waals surface area contributed by atoms with Crippen LogP contribution in [0.1, 0.15) is 0 Å². The molecular formula is C52H35NS. The zero-order chi connectivity index (χ0) is 35.8. The van der Waals surface area contributed by atoms with Crippen LogP contribution in [0.5, 0.6) is 0 Å². The highest BCUT2D eigenvalue weighted by atomic mass is 32.1. The van der Waals surface area contributed by atoms with Crippen molar-refractivity contribution in [2.45, 2.75) is 0 Å². The summed E-state index contributed by atoms with van der Waals surface area (Å²) in [5.41, 5.74) is 13.0. The van der Waals surface area contributed by atoms with Gasteiger partial charge in [-0.2, -0.15) is 0 Å². The van der Waals surface area contributed by atoms with Gasteiger partial charge in [-0.15, -0.1) is 11.3 Å². The summed E-state index contributed by atoms with van der Waals surface area (Å²) >= 11 is 1.85. The van der Waals surface area contributed by atoms with Crippen LogP contribution in [-0.2, 0) is 0 Å². The smallest absolute Gasteiger partial charge is 0.0540 e. The number of benzene rings is 9. The molecule has 54 heavy (non-hydrogen) atoms. The number of thiophene rings is 1. The quantitative estimate of drug-likeness (QED) is 0.160. The van der Waals surface area contributed by atoms with E-state index in [2.05, 4.69) is 217 Å². The normalized spacial score (nSPS) is 11.3. The fourth-order valence-corrected chi connectivity index (χ4v) is 8.80. The van der Waals surface area contributed by atoms with E-state index in [1.54, 1.807) is 0 Å². The lowest BCUT2D eigenvalue weighted by Crippen LogP contribution is -2.11. The van der Waals surface area contributed by atoms with Crippen molar-refractivity contribution in [2.24, 2.45) is 0 Å². The highest BCUT2D eigenvalue weighted by Gasteiger charge is 2.18. The first-order valence-corrected chi connectivity index (χ1v) is 19.2. The average molecular weight is 706 g/mol. The van der Waals surface area contributed by atoms with Gasteiger partial charge >= 0.3 is 0 Å². The lowest BCUT2D eigenvalue weighted by molar-refractivity contribution is 1.29. The van der Waals surface area contributed by atoms with Crippen LogP contribution < -0.4 is 4.90 Å². The minimum absolute atomic E-state index is 1.11. The Labute approximate surface area is 319 Å². The molecule has 0 radical (unpaired) electrons. The molecule has 10 aromatic rings. The van der Waals surface area contributed by atoms with Gasteiger partial charge in [-0.05, 0) is 104 Å². The average Bonchev–Trinajstić information content (AvgIpc) is 3.63. The number of fused-ring (bicyclic) bond motifs is 4. The van der Waals surface area contributed by atoms with Gasteiger partial charge in [0, 0.05) is 37.1 Å². The summed E-state index contributed by atoms with van der Waals surface area (Å²) in [4.78, 5) is 2.41. The summed E-state index contributed by atoms with van der Waals surface area (Å²) in [6.45, 7) is 0. The molecule has 0 aliphatic rings. The molecule has 1 nitrogen and oxygen atoms in total. The molecule has 0 atom stereocenters. The minimum Gasteiger partial charge on any atom is -0.310 e. The molecule has 0 saturated heterocycles. The maximum atomic E-state index is 2.41. The highest BCUT2D eigenvalue weighted by Crippen LogP contribution is 2.44. The third-order valence-corrected chi connectivity index (χ3v) is 11.6. The third kappa shape index (κ3) is 5.93. The van der Waals surface area contributed by atoms with E-state index in [4.69, 9.17) is 0 Å². The van der Waals surface area contributed by atoms with E-state index < -0.39 is 0 Å². The molecule has 1 aromatic heterocycles. The highest BCUT2D eigenvalue weighted by molar-refractivity contribution is 7.25. The molecule has 0 amide bonds. The maximum absolute atomic E-state index is 2.41. The third-order valence-electron chi connectivity index (χ3n) is 10.5. The van der Waals surface area contributed by atoms with Crippen LogP contribution in [0, 0.1) is 0 Å². The zero-order valence-corrected chi connectivity index (χ0v) is 30.4. The largest absolute Gasteiger partial charge is 0.310 e. The van der Waals surface area contributed by atoms with E-state index in [-0.39, 0.29) is 0 Å². The molecule has 0 bridgehead atoms. The first-order valence-electron chi connectivity index (χ1n) is 18.4. The fourth-order valence-electron chi connectivity index (χ4n) is 7.72. The second-order valence-electron chi connectivity index (χ2n) is 13.8. The second-order valence-corrected chi connectivity index (χ2v) is 14.8. The molecule has 0 N–H and O–H groups in total. The van der Waals surface area contributed by atoms with Crippen LogP contribution in [0.15, 0.2) is 212 Å². The van der Waals surface area contributed by atoms with Crippen LogP contribution in [0.2, 0.25) is 0 Å². The number of nitrogens with zero attached hydrogens (tertiary/aromatic N) is 1. The first kappa shape index (κ1) is 32.0. The van der Waals surface area contributed by atoms with Gasteiger partial charge < -0.3 is 4.90 Å². The Morgan fingerprint density at radius 1 is 0.296 bits per heavy atom. The second kappa shape index (κ2) is 13.7. The molecule has 10 rings (SSSR count). The van der Waals surface area contributed by atoms with E-state index in [0.29, 0.717) is 0 Å². The standard InChI is InChI=1S/C52H35NS/c1-2-12-40(13-3-1)47-17-6-8-19-50(47)53(46-31-32-52-49(35-46)48-18-7-9-20-51(48)54-52)45-29-27-38(28-30-45)37-21-23-39(24-22-37)42-15-10-16-43(33-42)44-26-25-36-11-4-5-14-41(36)34-44/h1-35H. The minimum atomic E-state index is 1.11. The van der Waals surface area contributed by atoms with Gasteiger partial charge in [0.15, 0.2) is 0 Å². The van der Waals surface area contributed by atoms with Crippen molar-refractivity contribution in [2.75, 3.05) is 4.90 Å². The van der Waals surface area contributed by atoms with Crippen molar-refractivity contribution >= 4 is 59.3 Å². The summed E-state index contributed by atoms with van der Waals surface area (Å²) in [6.07, 6.45) is 0. The Bertz CT molecular complexity index is 2920. The topological polar surface area (TPSA) is 3.24 Å². The lowest BCUT2D eigenvalue weighted by Gasteiger charge is -2.28. The Morgan fingerprint density at radius 2 is 0.852 bits per heavy atom. The summed E-state index contributed by atoms with van der Waals surface area (Å²) in [7, 11) is 0. The molecule has 254 valence electrons. The van der Waals surface area contributed by atoms with E-state index in [0.717, 1.165) is 17.1 Å². The van der Waals surface area contributed by atoms with Crippen LogP contribution in [-0.4, -0.2) is 0 Å². The van der Waals surface area contributed by atoms with Crippen LogP contribution >= 0.6 is 11.3 Å². The Hall–Kier alpha value is -6.74. The summed E-state index contributed by atoms with van der Waals surface area (Å²) in [5, 5.41) is 5.11. The van der Waals surface area contributed by atoms with Gasteiger partial charge in [0.25, 0.3) is 0 Å². The molecule has 0 aliphatic carbocycles. The van der Waals surface area contributed by atoms with Crippen LogP contribution in [0.4, 0.5) is 17.1 Å². The van der Waals surface area contributed by atoms with Gasteiger partial charge in [0.05, 0.1) is 5.69 Å². The number of para-hydroxylation sites is 1. The van der Waals surface area contributed by atoms with Crippen molar-refractivity contribution in [3.05, 3.63) is 212 Å². The zero-order valence-electron chi connectivity index (χ0n) is 29.6. The van der Waals surface area contributed by atoms with Crippen molar-refractivity contribution in [1.82, 2.24) is 0 Å². The van der Waals surface area contributed by atoms with Gasteiger partial charge in [0.2, 0.25) is 0 Å². The fraction of sp³-hybridized carbons (Fsp3) is 0. The Kier molecular flexibility index (Phi) is 8.09. The summed E-state index contributed by atoms with van der Waals surface area (Å²) < 4.78 is 2.62. The number of anilines is 3. The number of hydrogen-bond acceptors (Lipinski definition) is 2. The monoisotopic (exact) mass is 705 g/mol. The van der Waals surface area contributed by atoms with E-state index in [1.165, 1.54) is 75.5 Å². The maximum Gasteiger partial charge on any atom is 0.0540 e. The predicted octanol–water partition coefficient (Wildman–Crippen LogP) is 15.3. The van der Waals surface area contributed by atoms with Crippen LogP contribution in [0.25, 0.3) is 75.5 Å². The molecule has 0 spiro atoms. The number of rotatable bonds is 7. The molecule has 1 heterocycles. The van der Waals surface area contributed by atoms with E-state index in [9.17, 15) is 0 Å². The van der Waals surface area contributed by atoms with Gasteiger partial charge in [-0.1, -0.05) is 158 Å². The van der Waals surface area contributed by atoms with Gasteiger partial charge in [-0.3, -0.25) is 0 Å². The molecule has 0 saturated carbocycles. The summed E-state index contributed by atoms with van der Waals surface area (Å²) in [5.74, 6) is 0. The van der Waals surface area contributed by atoms with Crippen molar-refractivity contribution in [3.63, 3.8) is 0 Å². The molecular weight excluding hydrogens is 671 g/mol. The summed E-state index contributed by atoms with van der Waals surface area (Å²) in [6, 6.07) is 77.1. The lowest BCUT2D eigenvalue weighted by atomic mass is 9.96. The first-order chi connectivity index (χ1) is 26.7. The van der Waals surface area contributed by atoms with Gasteiger partial charge in [0.1, 0.15) is 0 Å². The Morgan fingerprint density at radius 3 is 1.67 bits per heavy atom. The predicted molar refractivity (Wildman–Crippen MR) is 233 cm³/mol. The molecule has 0 aliphatic heterocycles. The van der Waals surface area contributed by atoms with Crippen molar-refractivity contribution in [3.8, 4) is 44.5 Å². The number of hydrogen-bond donors (Lipinski definition) is 0. The van der Waals surface area contributed by atoms with Gasteiger partial charge in [-0.25, -0.2) is 0 Å². The van der Waals surface area contributed by atoms with Crippen molar-refractivity contribution < 1.29 is 0 Å². The van der Waals surface area contributed by atoms with E-state index >= 15 is 0 Å². The van der Waals surface area contributed by atoms with Crippen LogP contribution in [0.3, 0.4) is 0 Å². The molecule has 2 heteroatoms. The molecule has 0 unspecified atom stereocenters. The van der Waals surface area contributed by atoms with Crippen molar-refractivity contribution in [1.29, 1.82) is 0 Å². The van der Waals surface area contributed by atoms with E-state index in [1.807, 2.05) is 11.3 Å². The molecule has 0 fully saturated rings.